The fourth-order valence-corrected chi connectivity index (χ4v) is 2.92. The van der Waals surface area contributed by atoms with Crippen LogP contribution in [0.4, 0.5) is 0 Å². The maximum absolute atomic E-state index is 12.1. The first-order valence-electron chi connectivity index (χ1n) is 7.24. The molecule has 0 saturated carbocycles. The van der Waals surface area contributed by atoms with Crippen LogP contribution in [-0.4, -0.2) is 26.0 Å². The van der Waals surface area contributed by atoms with Gasteiger partial charge in [-0.25, -0.2) is 0 Å². The molecule has 20 heavy (non-hydrogen) atoms. The first-order valence-corrected chi connectivity index (χ1v) is 7.61. The highest BCUT2D eigenvalue weighted by Gasteiger charge is 2.15. The van der Waals surface area contributed by atoms with Crippen molar-refractivity contribution in [3.05, 3.63) is 28.8 Å². The van der Waals surface area contributed by atoms with Gasteiger partial charge < -0.3 is 10.1 Å². The maximum Gasteiger partial charge on any atom is 0.137 e. The Kier molecular flexibility index (Phi) is 5.86. The van der Waals surface area contributed by atoms with Crippen molar-refractivity contribution in [1.29, 1.82) is 0 Å². The van der Waals surface area contributed by atoms with Gasteiger partial charge >= 0.3 is 0 Å². The maximum atomic E-state index is 12.1. The van der Waals surface area contributed by atoms with Gasteiger partial charge in [-0.3, -0.25) is 4.79 Å². The van der Waals surface area contributed by atoms with E-state index in [2.05, 4.69) is 5.32 Å². The molecule has 1 aliphatic rings. The van der Waals surface area contributed by atoms with Crippen LogP contribution in [0.15, 0.2) is 18.2 Å². The van der Waals surface area contributed by atoms with E-state index in [1.54, 1.807) is 13.2 Å². The number of carbonyl (C=O) groups excluding carboxylic acids is 1. The first-order chi connectivity index (χ1) is 9.69. The van der Waals surface area contributed by atoms with Crippen molar-refractivity contribution in [1.82, 2.24) is 5.32 Å². The highest BCUT2D eigenvalue weighted by Crippen LogP contribution is 2.24. The number of hydrogen-bond acceptors (Lipinski definition) is 3. The number of ether oxygens (including phenoxy) is 1. The average molecular weight is 296 g/mol. The summed E-state index contributed by atoms with van der Waals surface area (Å²) in [5.41, 5.74) is 0.885. The molecule has 0 aliphatic carbocycles. The predicted octanol–water partition coefficient (Wildman–Crippen LogP) is 3.24. The largest absolute Gasteiger partial charge is 0.496 e. The third-order valence-electron chi connectivity index (χ3n) is 3.92. The zero-order valence-electron chi connectivity index (χ0n) is 12.0. The molecule has 0 radical (unpaired) electrons. The summed E-state index contributed by atoms with van der Waals surface area (Å²) in [6.07, 6.45) is 4.44. The van der Waals surface area contributed by atoms with Crippen molar-refractivity contribution < 1.29 is 9.53 Å². The zero-order valence-corrected chi connectivity index (χ0v) is 12.7. The molecule has 0 spiro atoms. The van der Waals surface area contributed by atoms with Crippen molar-refractivity contribution >= 4 is 17.4 Å². The fraction of sp³-hybridized carbons (Fsp3) is 0.562. The molecule has 0 bridgehead atoms. The van der Waals surface area contributed by atoms with Gasteiger partial charge in [0, 0.05) is 23.4 Å². The molecule has 1 N–H and O–H groups in total. The van der Waals surface area contributed by atoms with Crippen molar-refractivity contribution in [2.24, 2.45) is 5.92 Å². The smallest absolute Gasteiger partial charge is 0.137 e. The average Bonchev–Trinajstić information content (AvgIpc) is 2.46. The number of piperidine rings is 1. The lowest BCUT2D eigenvalue weighted by molar-refractivity contribution is -0.118. The molecule has 110 valence electrons. The number of Topliss-reactive ketones (excluding diaryl/α,β-unsaturated/α-hetero) is 1. The molecule has 0 atom stereocenters. The molecule has 1 aromatic rings. The number of nitrogens with one attached hydrogen (secondary N) is 1. The van der Waals surface area contributed by atoms with Gasteiger partial charge in [0.2, 0.25) is 0 Å². The summed E-state index contributed by atoms with van der Waals surface area (Å²) in [5, 5.41) is 3.99. The van der Waals surface area contributed by atoms with E-state index in [1.165, 1.54) is 12.8 Å². The lowest BCUT2D eigenvalue weighted by atomic mass is 9.91. The Hall–Kier alpha value is -1.06. The van der Waals surface area contributed by atoms with Crippen molar-refractivity contribution in [3.8, 4) is 5.75 Å². The van der Waals surface area contributed by atoms with E-state index in [-0.39, 0.29) is 5.78 Å². The third-order valence-corrected chi connectivity index (χ3v) is 4.16. The molecule has 1 heterocycles. The number of rotatable bonds is 6. The summed E-state index contributed by atoms with van der Waals surface area (Å²) in [6.45, 7) is 2.17. The predicted molar refractivity (Wildman–Crippen MR) is 81.5 cm³/mol. The number of ketones is 1. The van der Waals surface area contributed by atoms with E-state index in [0.29, 0.717) is 23.8 Å². The van der Waals surface area contributed by atoms with Crippen LogP contribution in [0.1, 0.15) is 31.2 Å². The number of carbonyl (C=O) groups is 1. The van der Waals surface area contributed by atoms with Crippen LogP contribution < -0.4 is 10.1 Å². The Bertz CT molecular complexity index is 456. The number of halogens is 1. The molecule has 1 aliphatic heterocycles. The third kappa shape index (κ3) is 4.50. The van der Waals surface area contributed by atoms with E-state index in [4.69, 9.17) is 16.3 Å². The van der Waals surface area contributed by atoms with Gasteiger partial charge in [0.05, 0.1) is 7.11 Å². The molecule has 1 aromatic carbocycles. The van der Waals surface area contributed by atoms with Crippen molar-refractivity contribution in [3.63, 3.8) is 0 Å². The zero-order chi connectivity index (χ0) is 14.4. The SMILES string of the molecule is COc1ccc(Cl)cc1CC(=O)CCC1CCNCC1. The molecule has 0 unspecified atom stereocenters. The van der Waals surface area contributed by atoms with Crippen LogP contribution >= 0.6 is 11.6 Å². The first kappa shape index (κ1) is 15.3. The second-order valence-electron chi connectivity index (χ2n) is 5.40. The van der Waals surface area contributed by atoms with Crippen LogP contribution in [0.3, 0.4) is 0 Å². The molecular weight excluding hydrogens is 274 g/mol. The van der Waals surface area contributed by atoms with Gasteiger partial charge in [0.15, 0.2) is 0 Å². The topological polar surface area (TPSA) is 38.3 Å². The summed E-state index contributed by atoms with van der Waals surface area (Å²) in [5.74, 6) is 1.70. The minimum Gasteiger partial charge on any atom is -0.496 e. The van der Waals surface area contributed by atoms with Gasteiger partial charge in [-0.1, -0.05) is 11.6 Å². The highest BCUT2D eigenvalue weighted by molar-refractivity contribution is 6.30. The van der Waals surface area contributed by atoms with Gasteiger partial charge in [-0.05, 0) is 56.5 Å². The molecule has 3 nitrogen and oxygen atoms in total. The van der Waals surface area contributed by atoms with Crippen LogP contribution in [0, 0.1) is 5.92 Å². The van der Waals surface area contributed by atoms with Crippen LogP contribution in [-0.2, 0) is 11.2 Å². The van der Waals surface area contributed by atoms with Crippen LogP contribution in [0.2, 0.25) is 5.02 Å². The Morgan fingerprint density at radius 2 is 2.15 bits per heavy atom. The summed E-state index contributed by atoms with van der Waals surface area (Å²) in [6, 6.07) is 5.42. The number of hydrogen-bond donors (Lipinski definition) is 1. The minimum absolute atomic E-state index is 0.268. The Balaban J connectivity index is 1.86. The molecule has 1 fully saturated rings. The van der Waals surface area contributed by atoms with Gasteiger partial charge in [-0.15, -0.1) is 0 Å². The van der Waals surface area contributed by atoms with Gasteiger partial charge in [0.1, 0.15) is 11.5 Å². The Labute approximate surface area is 125 Å². The van der Waals surface area contributed by atoms with E-state index >= 15 is 0 Å². The highest BCUT2D eigenvalue weighted by atomic mass is 35.5. The number of methoxy groups -OCH3 is 1. The second-order valence-corrected chi connectivity index (χ2v) is 5.84. The van der Waals surface area contributed by atoms with Crippen LogP contribution in [0.25, 0.3) is 0 Å². The summed E-state index contributed by atoms with van der Waals surface area (Å²) in [4.78, 5) is 12.1. The van der Waals surface area contributed by atoms with E-state index in [9.17, 15) is 4.79 Å². The molecule has 0 aromatic heterocycles. The summed E-state index contributed by atoms with van der Waals surface area (Å²) < 4.78 is 5.28. The standard InChI is InChI=1S/C16H22ClNO2/c1-20-16-5-3-14(17)10-13(16)11-15(19)4-2-12-6-8-18-9-7-12/h3,5,10,12,18H,2,4,6-9,11H2,1H3. The molecule has 1 saturated heterocycles. The van der Waals surface area contributed by atoms with Gasteiger partial charge in [-0.2, -0.15) is 0 Å². The number of benzene rings is 1. The summed E-state index contributed by atoms with van der Waals surface area (Å²) >= 11 is 5.98. The second kappa shape index (κ2) is 7.65. The Morgan fingerprint density at radius 3 is 2.85 bits per heavy atom. The fourth-order valence-electron chi connectivity index (χ4n) is 2.72. The summed E-state index contributed by atoms with van der Waals surface area (Å²) in [7, 11) is 1.62. The Morgan fingerprint density at radius 1 is 1.40 bits per heavy atom. The lowest BCUT2D eigenvalue weighted by Crippen LogP contribution is -2.28. The van der Waals surface area contributed by atoms with Crippen molar-refractivity contribution in [2.75, 3.05) is 20.2 Å². The molecule has 0 amide bonds. The van der Waals surface area contributed by atoms with E-state index < -0.39 is 0 Å². The van der Waals surface area contributed by atoms with E-state index in [0.717, 1.165) is 30.8 Å². The molecule has 4 heteroatoms. The normalized spacial score (nSPS) is 16.1. The lowest BCUT2D eigenvalue weighted by Gasteiger charge is -2.22. The monoisotopic (exact) mass is 295 g/mol. The molecular formula is C16H22ClNO2. The van der Waals surface area contributed by atoms with Crippen molar-refractivity contribution in [2.45, 2.75) is 32.1 Å². The van der Waals surface area contributed by atoms with Gasteiger partial charge in [0.25, 0.3) is 0 Å². The minimum atomic E-state index is 0.268. The molecule has 2 rings (SSSR count). The quantitative estimate of drug-likeness (QED) is 0.875. The van der Waals surface area contributed by atoms with E-state index in [1.807, 2.05) is 12.1 Å². The van der Waals surface area contributed by atoms with Crippen LogP contribution in [0.5, 0.6) is 5.75 Å².